The van der Waals surface area contributed by atoms with Crippen molar-refractivity contribution in [3.63, 3.8) is 0 Å². The van der Waals surface area contributed by atoms with Gasteiger partial charge in [-0.1, -0.05) is 336 Å². The largest absolute Gasteiger partial charge is 0.472 e. The maximum atomic E-state index is 13.1. The number of hydrogen-bond acceptors (Lipinski definition) is 15. The molecule has 19 heteroatoms. The zero-order chi connectivity index (χ0) is 67.5. The van der Waals surface area contributed by atoms with Gasteiger partial charge in [-0.2, -0.15) is 0 Å². The summed E-state index contributed by atoms with van der Waals surface area (Å²) in [6.07, 6.45) is 56.8. The zero-order valence-electron chi connectivity index (χ0n) is 59.5. The van der Waals surface area contributed by atoms with E-state index in [0.29, 0.717) is 25.7 Å². The van der Waals surface area contributed by atoms with E-state index >= 15 is 0 Å². The monoisotopic (exact) mass is 1350 g/mol. The van der Waals surface area contributed by atoms with Gasteiger partial charge in [0.2, 0.25) is 0 Å². The van der Waals surface area contributed by atoms with Crippen LogP contribution in [-0.2, 0) is 65.4 Å². The van der Waals surface area contributed by atoms with Crippen molar-refractivity contribution in [1.82, 2.24) is 0 Å². The molecule has 0 spiro atoms. The van der Waals surface area contributed by atoms with Crippen molar-refractivity contribution in [2.24, 2.45) is 0 Å². The van der Waals surface area contributed by atoms with Gasteiger partial charge in [0.05, 0.1) is 26.4 Å². The third kappa shape index (κ3) is 66.7. The van der Waals surface area contributed by atoms with Crippen LogP contribution >= 0.6 is 15.6 Å². The van der Waals surface area contributed by atoms with Crippen molar-refractivity contribution >= 4 is 39.5 Å². The van der Waals surface area contributed by atoms with Crippen LogP contribution in [0.4, 0.5) is 0 Å². The quantitative estimate of drug-likeness (QED) is 0.0222. The molecular weight excluding hydrogens is 1210 g/mol. The van der Waals surface area contributed by atoms with Gasteiger partial charge in [-0.05, 0) is 25.7 Å². The Labute approximate surface area is 562 Å². The molecule has 2 unspecified atom stereocenters. The van der Waals surface area contributed by atoms with Gasteiger partial charge in [0.15, 0.2) is 12.2 Å². The van der Waals surface area contributed by atoms with Crippen LogP contribution < -0.4 is 0 Å². The molecule has 0 aliphatic rings. The lowest BCUT2D eigenvalue weighted by molar-refractivity contribution is -0.161. The Hall–Kier alpha value is -1.94. The molecule has 0 aromatic carbocycles. The average molecular weight is 1350 g/mol. The van der Waals surface area contributed by atoms with E-state index in [-0.39, 0.29) is 25.7 Å². The van der Waals surface area contributed by atoms with Gasteiger partial charge in [-0.15, -0.1) is 0 Å². The number of hydrogen-bond donors (Lipinski definition) is 3. The van der Waals surface area contributed by atoms with Crippen molar-refractivity contribution in [2.75, 3.05) is 39.6 Å². The first-order valence-corrected chi connectivity index (χ1v) is 41.3. The molecule has 0 rings (SSSR count). The lowest BCUT2D eigenvalue weighted by Gasteiger charge is -2.21. The number of ether oxygens (including phenoxy) is 4. The Morgan fingerprint density at radius 1 is 0.261 bits per heavy atom. The van der Waals surface area contributed by atoms with Gasteiger partial charge in [0.25, 0.3) is 0 Å². The Kier molecular flexibility index (Phi) is 66.2. The number of aliphatic hydroxyl groups excluding tert-OH is 1. The summed E-state index contributed by atoms with van der Waals surface area (Å²) < 4.78 is 68.4. The third-order valence-electron chi connectivity index (χ3n) is 17.1. The number of unbranched alkanes of at least 4 members (excludes halogenated alkanes) is 48. The minimum atomic E-state index is -4.95. The first kappa shape index (κ1) is 90.1. The molecule has 0 aliphatic carbocycles. The number of carbonyl (C=O) groups is 4. The summed E-state index contributed by atoms with van der Waals surface area (Å²) in [6.45, 7) is 4.95. The van der Waals surface area contributed by atoms with E-state index in [9.17, 15) is 43.2 Å². The normalized spacial score (nSPS) is 13.9. The fraction of sp³-hybridized carbons (Fsp3) is 0.945. The van der Waals surface area contributed by atoms with Crippen LogP contribution in [0.5, 0.6) is 0 Å². The molecule has 0 aromatic heterocycles. The molecule has 0 saturated carbocycles. The summed E-state index contributed by atoms with van der Waals surface area (Å²) in [4.78, 5) is 72.6. The predicted molar refractivity (Wildman–Crippen MR) is 372 cm³/mol. The molecule has 0 radical (unpaired) electrons. The second kappa shape index (κ2) is 67.6. The van der Waals surface area contributed by atoms with Crippen molar-refractivity contribution in [3.8, 4) is 0 Å². The van der Waals surface area contributed by atoms with Gasteiger partial charge < -0.3 is 33.8 Å². The third-order valence-corrected chi connectivity index (χ3v) is 19.0. The molecule has 0 amide bonds. The van der Waals surface area contributed by atoms with Gasteiger partial charge in [-0.3, -0.25) is 37.3 Å². The van der Waals surface area contributed by atoms with Crippen LogP contribution in [-0.4, -0.2) is 96.7 Å². The zero-order valence-corrected chi connectivity index (χ0v) is 61.3. The number of aliphatic hydroxyl groups is 1. The van der Waals surface area contributed by atoms with Gasteiger partial charge in [0.1, 0.15) is 19.3 Å². The minimum absolute atomic E-state index is 0.108. The summed E-state index contributed by atoms with van der Waals surface area (Å²) in [5.74, 6) is -2.12. The summed E-state index contributed by atoms with van der Waals surface area (Å²) in [6, 6.07) is 0. The van der Waals surface area contributed by atoms with Crippen LogP contribution in [0, 0.1) is 0 Å². The highest BCUT2D eigenvalue weighted by atomic mass is 31.2. The summed E-state index contributed by atoms with van der Waals surface area (Å²) in [5.41, 5.74) is 0. The van der Waals surface area contributed by atoms with E-state index in [1.54, 1.807) is 0 Å². The molecule has 92 heavy (non-hydrogen) atoms. The van der Waals surface area contributed by atoms with Crippen LogP contribution in [0.2, 0.25) is 0 Å². The molecule has 0 saturated heterocycles. The Bertz CT molecular complexity index is 1760. The van der Waals surface area contributed by atoms with Crippen LogP contribution in [0.25, 0.3) is 0 Å². The molecule has 3 N–H and O–H groups in total. The van der Waals surface area contributed by atoms with E-state index in [4.69, 9.17) is 37.0 Å². The summed E-state index contributed by atoms with van der Waals surface area (Å²) in [7, 11) is -9.90. The average Bonchev–Trinajstić information content (AvgIpc) is 3.18. The molecule has 17 nitrogen and oxygen atoms in total. The Morgan fingerprint density at radius 2 is 0.435 bits per heavy atom. The summed E-state index contributed by atoms with van der Waals surface area (Å²) in [5, 5.41) is 10.6. The highest BCUT2D eigenvalue weighted by Gasteiger charge is 2.30. The fourth-order valence-electron chi connectivity index (χ4n) is 11.2. The molecular formula is C73H142O17P2. The number of phosphoric acid groups is 2. The van der Waals surface area contributed by atoms with Crippen molar-refractivity contribution < 1.29 is 80.2 Å². The van der Waals surface area contributed by atoms with Crippen molar-refractivity contribution in [1.29, 1.82) is 0 Å². The van der Waals surface area contributed by atoms with E-state index in [2.05, 4.69) is 27.7 Å². The minimum Gasteiger partial charge on any atom is -0.462 e. The van der Waals surface area contributed by atoms with Crippen LogP contribution in [0.15, 0.2) is 0 Å². The maximum absolute atomic E-state index is 13.1. The van der Waals surface area contributed by atoms with E-state index in [1.165, 1.54) is 218 Å². The maximum Gasteiger partial charge on any atom is 0.472 e. The van der Waals surface area contributed by atoms with E-state index in [0.717, 1.165) is 89.9 Å². The smallest absolute Gasteiger partial charge is 0.462 e. The lowest BCUT2D eigenvalue weighted by atomic mass is 10.0. The predicted octanol–water partition coefficient (Wildman–Crippen LogP) is 21.4. The molecule has 0 aliphatic heterocycles. The number of esters is 4. The van der Waals surface area contributed by atoms with Gasteiger partial charge in [0, 0.05) is 25.7 Å². The lowest BCUT2D eigenvalue weighted by Crippen LogP contribution is -2.30. The highest BCUT2D eigenvalue weighted by molar-refractivity contribution is 7.47. The number of phosphoric ester groups is 2. The van der Waals surface area contributed by atoms with E-state index < -0.39 is 97.5 Å². The molecule has 0 bridgehead atoms. The summed E-state index contributed by atoms with van der Waals surface area (Å²) >= 11 is 0. The second-order valence-corrected chi connectivity index (χ2v) is 29.2. The van der Waals surface area contributed by atoms with Crippen molar-refractivity contribution in [2.45, 2.75) is 406 Å². The van der Waals surface area contributed by atoms with Crippen LogP contribution in [0.1, 0.15) is 387 Å². The SMILES string of the molecule is CCCCCCCCCCCCCCCCCCC(=O)O[C@H](COC(=O)CCCCCCCCCCCCCCCCC)COP(=O)(O)OC[C@@H](O)COP(=O)(O)OC[C@@H](COC(=O)CCCCCCCCCC)OC(=O)CCCCCCCCCCCCCCC. The molecule has 5 atom stereocenters. The van der Waals surface area contributed by atoms with Crippen molar-refractivity contribution in [3.05, 3.63) is 0 Å². The van der Waals surface area contributed by atoms with Gasteiger partial charge >= 0.3 is 39.5 Å². The number of carbonyl (C=O) groups excluding carboxylic acids is 4. The highest BCUT2D eigenvalue weighted by Crippen LogP contribution is 2.45. The Balaban J connectivity index is 5.22. The molecule has 546 valence electrons. The molecule has 0 heterocycles. The molecule has 0 aromatic rings. The standard InChI is InChI=1S/C73H142O17P2/c1-5-9-13-17-21-25-28-31-33-35-38-41-44-48-52-56-60-73(78)90-69(64-84-71(76)58-54-50-46-42-39-37-34-32-29-26-22-18-14-10-6-2)66-88-92(81,82)86-62-67(74)61-85-91(79,80)87-65-68(63-83-70(75)57-53-49-45-24-20-16-12-8-4)89-72(77)59-55-51-47-43-40-36-30-27-23-19-15-11-7-3/h67-69,74H,5-66H2,1-4H3,(H,79,80)(H,81,82)/t67-,68+,69+/m0/s1. The first-order chi connectivity index (χ1) is 44.7. The fourth-order valence-corrected chi connectivity index (χ4v) is 12.8. The van der Waals surface area contributed by atoms with E-state index in [1.807, 2.05) is 0 Å². The van der Waals surface area contributed by atoms with Gasteiger partial charge in [-0.25, -0.2) is 9.13 Å². The first-order valence-electron chi connectivity index (χ1n) is 38.3. The number of rotatable bonds is 74. The Morgan fingerprint density at radius 3 is 0.641 bits per heavy atom. The second-order valence-electron chi connectivity index (χ2n) is 26.3. The van der Waals surface area contributed by atoms with Crippen LogP contribution in [0.3, 0.4) is 0 Å². The topological polar surface area (TPSA) is 237 Å². The molecule has 0 fully saturated rings.